The molecule has 20 heavy (non-hydrogen) atoms. The Morgan fingerprint density at radius 2 is 1.90 bits per heavy atom. The van der Waals surface area contributed by atoms with Crippen LogP contribution in [-0.2, 0) is 11.3 Å². The molecule has 0 aromatic heterocycles. The maximum absolute atomic E-state index is 10.5. The summed E-state index contributed by atoms with van der Waals surface area (Å²) in [5, 5.41) is 8.64. The highest BCUT2D eigenvalue weighted by Gasteiger charge is 2.01. The topological polar surface area (TPSA) is 40.5 Å². The molecule has 0 heterocycles. The number of anilines is 1. The number of carboxylic acid groups (broad SMARTS) is 1. The van der Waals surface area contributed by atoms with Crippen LogP contribution in [0, 0.1) is 0 Å². The number of carbonyl (C=O) groups is 1. The summed E-state index contributed by atoms with van der Waals surface area (Å²) in [6, 6.07) is 18.0. The second-order valence-electron chi connectivity index (χ2n) is 4.61. The standard InChI is InChI=1S/C17H17NO2/c1-18(16-8-3-2-4-9-16)13-15-7-5-6-14(12-15)10-11-17(19)20/h2-12H,13H2,1H3,(H,19,20). The summed E-state index contributed by atoms with van der Waals surface area (Å²) in [6.45, 7) is 0.777. The lowest BCUT2D eigenvalue weighted by Crippen LogP contribution is -2.16. The van der Waals surface area contributed by atoms with Crippen molar-refractivity contribution in [1.82, 2.24) is 0 Å². The fourth-order valence-electron chi connectivity index (χ4n) is 2.01. The Labute approximate surface area is 118 Å². The van der Waals surface area contributed by atoms with E-state index in [-0.39, 0.29) is 0 Å². The lowest BCUT2D eigenvalue weighted by Gasteiger charge is -2.19. The van der Waals surface area contributed by atoms with Crippen molar-refractivity contribution in [1.29, 1.82) is 0 Å². The number of aliphatic carboxylic acids is 1. The highest BCUT2D eigenvalue weighted by molar-refractivity contribution is 5.85. The van der Waals surface area contributed by atoms with Crippen LogP contribution in [0.1, 0.15) is 11.1 Å². The van der Waals surface area contributed by atoms with E-state index in [2.05, 4.69) is 17.0 Å². The van der Waals surface area contributed by atoms with Crippen molar-refractivity contribution in [3.63, 3.8) is 0 Å². The van der Waals surface area contributed by atoms with Gasteiger partial charge in [0.05, 0.1) is 0 Å². The Kier molecular flexibility index (Phi) is 4.56. The van der Waals surface area contributed by atoms with Gasteiger partial charge in [-0.05, 0) is 35.4 Å². The van der Waals surface area contributed by atoms with Crippen LogP contribution in [0.4, 0.5) is 5.69 Å². The van der Waals surface area contributed by atoms with E-state index in [1.165, 1.54) is 0 Å². The smallest absolute Gasteiger partial charge is 0.328 e. The Morgan fingerprint density at radius 3 is 2.60 bits per heavy atom. The van der Waals surface area contributed by atoms with Gasteiger partial charge in [0.25, 0.3) is 0 Å². The fraction of sp³-hybridized carbons (Fsp3) is 0.118. The van der Waals surface area contributed by atoms with Gasteiger partial charge in [0.1, 0.15) is 0 Å². The van der Waals surface area contributed by atoms with E-state index in [0.717, 1.165) is 29.4 Å². The summed E-state index contributed by atoms with van der Waals surface area (Å²) in [4.78, 5) is 12.7. The van der Waals surface area contributed by atoms with E-state index in [1.54, 1.807) is 6.08 Å². The van der Waals surface area contributed by atoms with Gasteiger partial charge >= 0.3 is 5.97 Å². The molecule has 0 aliphatic carbocycles. The summed E-state index contributed by atoms with van der Waals surface area (Å²) in [6.07, 6.45) is 2.76. The van der Waals surface area contributed by atoms with Gasteiger partial charge in [0, 0.05) is 25.4 Å². The van der Waals surface area contributed by atoms with Crippen molar-refractivity contribution in [2.45, 2.75) is 6.54 Å². The SMILES string of the molecule is CN(Cc1cccc(C=CC(=O)O)c1)c1ccccc1. The average Bonchev–Trinajstić information content (AvgIpc) is 2.46. The molecule has 0 fully saturated rings. The maximum atomic E-state index is 10.5. The van der Waals surface area contributed by atoms with Crippen LogP contribution in [0.5, 0.6) is 0 Å². The number of nitrogens with zero attached hydrogens (tertiary/aromatic N) is 1. The van der Waals surface area contributed by atoms with E-state index >= 15 is 0 Å². The molecule has 2 aromatic rings. The molecule has 2 aromatic carbocycles. The zero-order valence-corrected chi connectivity index (χ0v) is 11.4. The van der Waals surface area contributed by atoms with Crippen molar-refractivity contribution in [2.24, 2.45) is 0 Å². The molecule has 0 spiro atoms. The van der Waals surface area contributed by atoms with E-state index in [9.17, 15) is 4.79 Å². The van der Waals surface area contributed by atoms with E-state index < -0.39 is 5.97 Å². The van der Waals surface area contributed by atoms with Gasteiger partial charge in [0.2, 0.25) is 0 Å². The van der Waals surface area contributed by atoms with Crippen LogP contribution in [0.25, 0.3) is 6.08 Å². The minimum Gasteiger partial charge on any atom is -0.478 e. The van der Waals surface area contributed by atoms with Crippen LogP contribution in [0.15, 0.2) is 60.7 Å². The second kappa shape index (κ2) is 6.57. The molecule has 0 bridgehead atoms. The lowest BCUT2D eigenvalue weighted by atomic mass is 10.1. The van der Waals surface area contributed by atoms with Crippen LogP contribution in [-0.4, -0.2) is 18.1 Å². The number of benzene rings is 2. The molecular weight excluding hydrogens is 250 g/mol. The van der Waals surface area contributed by atoms with E-state index in [4.69, 9.17) is 5.11 Å². The van der Waals surface area contributed by atoms with Crippen molar-refractivity contribution in [3.8, 4) is 0 Å². The summed E-state index contributed by atoms with van der Waals surface area (Å²) < 4.78 is 0. The third kappa shape index (κ3) is 3.99. The number of rotatable bonds is 5. The quantitative estimate of drug-likeness (QED) is 0.844. The molecule has 0 atom stereocenters. The molecule has 0 unspecified atom stereocenters. The first-order valence-corrected chi connectivity index (χ1v) is 6.41. The first-order chi connectivity index (χ1) is 9.65. The molecule has 3 heteroatoms. The fourth-order valence-corrected chi connectivity index (χ4v) is 2.01. The molecule has 102 valence electrons. The number of hydrogen-bond donors (Lipinski definition) is 1. The molecule has 0 aliphatic heterocycles. The first-order valence-electron chi connectivity index (χ1n) is 6.41. The Morgan fingerprint density at radius 1 is 1.15 bits per heavy atom. The van der Waals surface area contributed by atoms with Crippen LogP contribution < -0.4 is 4.90 Å². The molecule has 0 saturated carbocycles. The molecule has 0 radical (unpaired) electrons. The zero-order valence-electron chi connectivity index (χ0n) is 11.4. The minimum absolute atomic E-state index is 0.777. The maximum Gasteiger partial charge on any atom is 0.328 e. The molecule has 0 saturated heterocycles. The van der Waals surface area contributed by atoms with Gasteiger partial charge in [0.15, 0.2) is 0 Å². The predicted molar refractivity (Wildman–Crippen MR) is 81.7 cm³/mol. The first kappa shape index (κ1) is 13.9. The number of para-hydroxylation sites is 1. The largest absolute Gasteiger partial charge is 0.478 e. The normalized spacial score (nSPS) is 10.7. The van der Waals surface area contributed by atoms with E-state index in [1.807, 2.05) is 49.5 Å². The minimum atomic E-state index is -0.934. The Hall–Kier alpha value is -2.55. The van der Waals surface area contributed by atoms with Crippen molar-refractivity contribution >= 4 is 17.7 Å². The molecular formula is C17H17NO2. The van der Waals surface area contributed by atoms with E-state index in [0.29, 0.717) is 0 Å². The zero-order chi connectivity index (χ0) is 14.4. The monoisotopic (exact) mass is 267 g/mol. The van der Waals surface area contributed by atoms with Crippen molar-refractivity contribution < 1.29 is 9.90 Å². The number of carboxylic acids is 1. The van der Waals surface area contributed by atoms with Crippen LogP contribution in [0.3, 0.4) is 0 Å². The Bertz CT molecular complexity index is 605. The second-order valence-corrected chi connectivity index (χ2v) is 4.61. The number of hydrogen-bond acceptors (Lipinski definition) is 2. The molecule has 3 nitrogen and oxygen atoms in total. The predicted octanol–water partition coefficient (Wildman–Crippen LogP) is 3.42. The lowest BCUT2D eigenvalue weighted by molar-refractivity contribution is -0.131. The Balaban J connectivity index is 2.10. The molecule has 1 N–H and O–H groups in total. The highest BCUT2D eigenvalue weighted by atomic mass is 16.4. The summed E-state index contributed by atoms with van der Waals surface area (Å²) in [5.74, 6) is -0.934. The van der Waals surface area contributed by atoms with Crippen LogP contribution in [0.2, 0.25) is 0 Å². The summed E-state index contributed by atoms with van der Waals surface area (Å²) >= 11 is 0. The summed E-state index contributed by atoms with van der Waals surface area (Å²) in [7, 11) is 2.04. The van der Waals surface area contributed by atoms with Gasteiger partial charge in [-0.15, -0.1) is 0 Å². The summed E-state index contributed by atoms with van der Waals surface area (Å²) in [5.41, 5.74) is 3.19. The third-order valence-electron chi connectivity index (χ3n) is 2.99. The van der Waals surface area contributed by atoms with Crippen molar-refractivity contribution in [2.75, 3.05) is 11.9 Å². The third-order valence-corrected chi connectivity index (χ3v) is 2.99. The van der Waals surface area contributed by atoms with Gasteiger partial charge < -0.3 is 10.0 Å². The van der Waals surface area contributed by atoms with Crippen molar-refractivity contribution in [3.05, 3.63) is 71.8 Å². The highest BCUT2D eigenvalue weighted by Crippen LogP contribution is 2.15. The van der Waals surface area contributed by atoms with Crippen LogP contribution >= 0.6 is 0 Å². The molecule has 0 aliphatic rings. The van der Waals surface area contributed by atoms with Gasteiger partial charge in [-0.2, -0.15) is 0 Å². The van der Waals surface area contributed by atoms with Gasteiger partial charge in [-0.1, -0.05) is 36.4 Å². The molecule has 0 amide bonds. The van der Waals surface area contributed by atoms with Gasteiger partial charge in [-0.25, -0.2) is 4.79 Å². The average molecular weight is 267 g/mol. The molecule has 2 rings (SSSR count). The van der Waals surface area contributed by atoms with Gasteiger partial charge in [-0.3, -0.25) is 0 Å².